The average Bonchev–Trinajstić information content (AvgIpc) is 2.61. The smallest absolute Gasteiger partial charge is 0.227 e. The zero-order valence-corrected chi connectivity index (χ0v) is 13.1. The van der Waals surface area contributed by atoms with Gasteiger partial charge in [-0.05, 0) is 48.1 Å². The highest BCUT2D eigenvalue weighted by molar-refractivity contribution is 5.84. The van der Waals surface area contributed by atoms with Gasteiger partial charge in [-0.1, -0.05) is 30.3 Å². The van der Waals surface area contributed by atoms with Crippen LogP contribution in [0.5, 0.6) is 0 Å². The molecule has 3 nitrogen and oxygen atoms in total. The van der Waals surface area contributed by atoms with E-state index in [1.807, 2.05) is 24.3 Å². The Bertz CT molecular complexity index is 748. The molecule has 5 heteroatoms. The largest absolute Gasteiger partial charge is 0.387 e. The minimum atomic E-state index is -1.08. The predicted molar refractivity (Wildman–Crippen MR) is 86.4 cm³/mol. The van der Waals surface area contributed by atoms with Gasteiger partial charge in [0.1, 0.15) is 0 Å². The predicted octanol–water partition coefficient (Wildman–Crippen LogP) is 3.23. The molecule has 2 atom stereocenters. The van der Waals surface area contributed by atoms with Gasteiger partial charge in [-0.2, -0.15) is 0 Å². The molecule has 3 rings (SSSR count). The lowest BCUT2D eigenvalue weighted by Gasteiger charge is -2.25. The van der Waals surface area contributed by atoms with E-state index in [0.29, 0.717) is 0 Å². The molecule has 0 saturated heterocycles. The number of rotatable bonds is 4. The molecular weight excluding hydrogens is 312 g/mol. The third-order valence-corrected chi connectivity index (χ3v) is 4.48. The number of aliphatic hydroxyl groups excluding tert-OH is 1. The number of benzene rings is 2. The second kappa shape index (κ2) is 7.09. The molecule has 24 heavy (non-hydrogen) atoms. The van der Waals surface area contributed by atoms with Gasteiger partial charge in [-0.3, -0.25) is 4.79 Å². The van der Waals surface area contributed by atoms with Crippen molar-refractivity contribution < 1.29 is 18.7 Å². The van der Waals surface area contributed by atoms with Crippen molar-refractivity contribution in [1.29, 1.82) is 0 Å². The van der Waals surface area contributed by atoms with E-state index in [1.165, 1.54) is 11.6 Å². The maximum atomic E-state index is 13.2. The van der Waals surface area contributed by atoms with Crippen molar-refractivity contribution in [2.45, 2.75) is 31.3 Å². The molecule has 2 aromatic rings. The number of carbonyl (C=O) groups excluding carboxylic acids is 1. The molecule has 1 aliphatic carbocycles. The van der Waals surface area contributed by atoms with Gasteiger partial charge >= 0.3 is 0 Å². The van der Waals surface area contributed by atoms with Crippen LogP contribution in [0.3, 0.4) is 0 Å². The van der Waals surface area contributed by atoms with E-state index in [1.54, 1.807) is 0 Å². The van der Waals surface area contributed by atoms with E-state index in [9.17, 15) is 18.7 Å². The topological polar surface area (TPSA) is 49.3 Å². The number of aryl methyl sites for hydroxylation is 1. The van der Waals surface area contributed by atoms with Crippen molar-refractivity contribution in [2.75, 3.05) is 6.54 Å². The van der Waals surface area contributed by atoms with Gasteiger partial charge in [0.15, 0.2) is 11.6 Å². The molecule has 0 aliphatic heterocycles. The van der Waals surface area contributed by atoms with Crippen LogP contribution in [0.2, 0.25) is 0 Å². The molecule has 0 fully saturated rings. The normalized spacial score (nSPS) is 17.9. The molecule has 0 bridgehead atoms. The van der Waals surface area contributed by atoms with Crippen LogP contribution in [0.25, 0.3) is 0 Å². The summed E-state index contributed by atoms with van der Waals surface area (Å²) < 4.78 is 26.2. The Kier molecular flexibility index (Phi) is 4.90. The summed E-state index contributed by atoms with van der Waals surface area (Å²) in [4.78, 5) is 12.5. The van der Waals surface area contributed by atoms with E-state index in [0.717, 1.165) is 37.0 Å². The number of halogens is 2. The molecule has 2 aromatic carbocycles. The van der Waals surface area contributed by atoms with E-state index < -0.39 is 17.7 Å². The van der Waals surface area contributed by atoms with Crippen LogP contribution in [0.1, 0.15) is 41.6 Å². The highest BCUT2D eigenvalue weighted by Crippen LogP contribution is 2.31. The van der Waals surface area contributed by atoms with Crippen molar-refractivity contribution in [3.8, 4) is 0 Å². The number of fused-ring (bicyclic) bond motifs is 1. The van der Waals surface area contributed by atoms with E-state index >= 15 is 0 Å². The number of hydrogen-bond acceptors (Lipinski definition) is 2. The highest BCUT2D eigenvalue weighted by atomic mass is 19.2. The molecule has 126 valence electrons. The van der Waals surface area contributed by atoms with E-state index in [-0.39, 0.29) is 23.9 Å². The number of aliphatic hydroxyl groups is 1. The van der Waals surface area contributed by atoms with Crippen molar-refractivity contribution in [1.82, 2.24) is 5.32 Å². The summed E-state index contributed by atoms with van der Waals surface area (Å²) in [5.41, 5.74) is 2.45. The average molecular weight is 331 g/mol. The SMILES string of the molecule is O=C(NCC(O)c1ccc(F)c(F)c1)C1CCCc2ccccc21. The molecular formula is C19H19F2NO2. The Labute approximate surface area is 139 Å². The van der Waals surface area contributed by atoms with Crippen LogP contribution < -0.4 is 5.32 Å². The zero-order valence-electron chi connectivity index (χ0n) is 13.1. The lowest BCUT2D eigenvalue weighted by atomic mass is 9.82. The summed E-state index contributed by atoms with van der Waals surface area (Å²) in [7, 11) is 0. The summed E-state index contributed by atoms with van der Waals surface area (Å²) in [5.74, 6) is -2.36. The molecule has 0 spiro atoms. The first-order valence-electron chi connectivity index (χ1n) is 8.05. The maximum Gasteiger partial charge on any atom is 0.227 e. The first kappa shape index (κ1) is 16.6. The fourth-order valence-electron chi connectivity index (χ4n) is 3.18. The third kappa shape index (κ3) is 3.46. The first-order valence-corrected chi connectivity index (χ1v) is 8.05. The summed E-state index contributed by atoms with van der Waals surface area (Å²) in [5, 5.41) is 12.8. The Hall–Kier alpha value is -2.27. The van der Waals surface area contributed by atoms with Crippen LogP contribution in [-0.4, -0.2) is 17.6 Å². The van der Waals surface area contributed by atoms with Crippen molar-refractivity contribution >= 4 is 5.91 Å². The van der Waals surface area contributed by atoms with Gasteiger partial charge in [0.2, 0.25) is 5.91 Å². The Morgan fingerprint density at radius 2 is 2.00 bits per heavy atom. The number of carbonyl (C=O) groups is 1. The Morgan fingerprint density at radius 3 is 2.79 bits per heavy atom. The standard InChI is InChI=1S/C19H19F2NO2/c20-16-9-8-13(10-17(16)21)18(23)11-22-19(24)15-7-3-5-12-4-1-2-6-14(12)15/h1-2,4,6,8-10,15,18,23H,3,5,7,11H2,(H,22,24). The van der Waals surface area contributed by atoms with Gasteiger partial charge in [0, 0.05) is 6.54 Å². The molecule has 0 radical (unpaired) electrons. The van der Waals surface area contributed by atoms with Crippen LogP contribution in [0, 0.1) is 11.6 Å². The number of amides is 1. The quantitative estimate of drug-likeness (QED) is 0.904. The minimum Gasteiger partial charge on any atom is -0.387 e. The van der Waals surface area contributed by atoms with Gasteiger partial charge in [-0.25, -0.2) is 8.78 Å². The molecule has 1 aliphatic rings. The zero-order chi connectivity index (χ0) is 17.1. The second-order valence-corrected chi connectivity index (χ2v) is 6.08. The molecule has 2 unspecified atom stereocenters. The van der Waals surface area contributed by atoms with Gasteiger partial charge < -0.3 is 10.4 Å². The summed E-state index contributed by atoms with van der Waals surface area (Å²) in [6, 6.07) is 11.1. The van der Waals surface area contributed by atoms with Crippen LogP contribution in [-0.2, 0) is 11.2 Å². The molecule has 1 amide bonds. The van der Waals surface area contributed by atoms with E-state index in [2.05, 4.69) is 5.32 Å². The van der Waals surface area contributed by atoms with E-state index in [4.69, 9.17) is 0 Å². The van der Waals surface area contributed by atoms with Crippen LogP contribution >= 0.6 is 0 Å². The lowest BCUT2D eigenvalue weighted by Crippen LogP contribution is -2.34. The fraction of sp³-hybridized carbons (Fsp3) is 0.316. The summed E-state index contributed by atoms with van der Waals surface area (Å²) >= 11 is 0. The van der Waals surface area contributed by atoms with Crippen molar-refractivity contribution in [2.24, 2.45) is 0 Å². The monoisotopic (exact) mass is 331 g/mol. The highest BCUT2D eigenvalue weighted by Gasteiger charge is 2.26. The Morgan fingerprint density at radius 1 is 1.21 bits per heavy atom. The summed E-state index contributed by atoms with van der Waals surface area (Å²) in [6.45, 7) is -0.0391. The van der Waals surface area contributed by atoms with Crippen molar-refractivity contribution in [3.05, 3.63) is 70.8 Å². The fourth-order valence-corrected chi connectivity index (χ4v) is 3.18. The molecule has 0 heterocycles. The second-order valence-electron chi connectivity index (χ2n) is 6.08. The minimum absolute atomic E-state index is 0.0391. The first-order chi connectivity index (χ1) is 11.6. The lowest BCUT2D eigenvalue weighted by molar-refractivity contribution is -0.123. The van der Waals surface area contributed by atoms with Crippen LogP contribution in [0.15, 0.2) is 42.5 Å². The maximum absolute atomic E-state index is 13.2. The van der Waals surface area contributed by atoms with Crippen LogP contribution in [0.4, 0.5) is 8.78 Å². The number of nitrogens with one attached hydrogen (secondary N) is 1. The van der Waals surface area contributed by atoms with Gasteiger partial charge in [-0.15, -0.1) is 0 Å². The number of hydrogen-bond donors (Lipinski definition) is 2. The molecule has 0 saturated carbocycles. The molecule has 2 N–H and O–H groups in total. The van der Waals surface area contributed by atoms with Gasteiger partial charge in [0.25, 0.3) is 0 Å². The molecule has 0 aromatic heterocycles. The van der Waals surface area contributed by atoms with Gasteiger partial charge in [0.05, 0.1) is 12.0 Å². The van der Waals surface area contributed by atoms with Crippen molar-refractivity contribution in [3.63, 3.8) is 0 Å². The Balaban J connectivity index is 1.64. The third-order valence-electron chi connectivity index (χ3n) is 4.48. The summed E-state index contributed by atoms with van der Waals surface area (Å²) in [6.07, 6.45) is 1.60.